The second-order valence-electron chi connectivity index (χ2n) is 14.7. The molecule has 11 N–H and O–H groups in total. The van der Waals surface area contributed by atoms with Gasteiger partial charge in [0.1, 0.15) is 24.0 Å². The van der Waals surface area contributed by atoms with Crippen LogP contribution < -0.4 is 43.4 Å². The summed E-state index contributed by atoms with van der Waals surface area (Å²) < 4.78 is 9.87. The predicted octanol–water partition coefficient (Wildman–Crippen LogP) is 0.880. The Kier molecular flexibility index (Phi) is 27.5. The highest BCUT2D eigenvalue weighted by Crippen LogP contribution is 2.23. The maximum atomic E-state index is 12.8. The average Bonchev–Trinajstić information content (AvgIpc) is 4.24. The Labute approximate surface area is 423 Å². The number of nitrogens with two attached hydrogens (primary N) is 2. The van der Waals surface area contributed by atoms with Gasteiger partial charge in [-0.2, -0.15) is 0 Å². The summed E-state index contributed by atoms with van der Waals surface area (Å²) >= 11 is 0. The summed E-state index contributed by atoms with van der Waals surface area (Å²) in [5.41, 5.74) is 12.2. The topological polar surface area (TPSA) is 366 Å². The van der Waals surface area contributed by atoms with Gasteiger partial charge in [0.15, 0.2) is 29.6 Å². The van der Waals surface area contributed by atoms with Gasteiger partial charge in [-0.25, -0.2) is 19.7 Å². The molecule has 1 atom stereocenters. The van der Waals surface area contributed by atoms with Crippen LogP contribution in [0.3, 0.4) is 0 Å². The lowest BCUT2D eigenvalue weighted by Crippen LogP contribution is -2.29. The number of aromatic carboxylic acids is 1. The first kappa shape index (κ1) is 62.3. The summed E-state index contributed by atoms with van der Waals surface area (Å²) in [6.07, 6.45) is 11.9. The quantitative estimate of drug-likeness (QED) is 0.0426. The van der Waals surface area contributed by atoms with Crippen molar-refractivity contribution in [3.8, 4) is 11.4 Å². The summed E-state index contributed by atoms with van der Waals surface area (Å²) in [5, 5.41) is 25.3. The predicted molar refractivity (Wildman–Crippen MR) is 278 cm³/mol. The maximum Gasteiger partial charge on any atom is 0.372 e. The summed E-state index contributed by atoms with van der Waals surface area (Å²) in [6.45, 7) is 4.17. The van der Waals surface area contributed by atoms with E-state index in [1.54, 1.807) is 85.7 Å². The van der Waals surface area contributed by atoms with E-state index in [4.69, 9.17) is 14.7 Å². The van der Waals surface area contributed by atoms with Crippen molar-refractivity contribution < 1.29 is 48.3 Å². The highest BCUT2D eigenvalue weighted by Gasteiger charge is 2.19. The number of rotatable bonds is 18. The molecule has 0 radical (unpaired) electrons. The molecule has 6 heterocycles. The van der Waals surface area contributed by atoms with Crippen molar-refractivity contribution in [2.75, 3.05) is 55.1 Å². The standard InChI is InChI=1S/C27H32N10O5.C14H19N5O3.CH3NO.CH5N.CH2O.CH5P/c1-34-11-5-6-18(34)26(41)28-9-7-24(40)32-21-15-37(4)25(33-21)17-12-19(35(2)13-17)27(42)29-10-8-23(39)31-20-14-36(3)22(16-38)30-20;1-15-9-6-10(18(2)7-9)4-5-12(20)16-11-8-19(3)13(17-11)14(21)22;2-1-3;3*1-2/h5-6,11-16H,7-10H2,1-4H3,(H,28,41)(H,29,42)(H,31,39)(H,32,40);6-8,15H,4-5H2,1-3H3,(H,16,20)(H,21,22);1H,(H2,2,3);2H2,1H3;1H2;2H2,1H3. The van der Waals surface area contributed by atoms with E-state index in [9.17, 15) is 33.6 Å². The molecule has 0 fully saturated rings. The zero-order valence-electron chi connectivity index (χ0n) is 42.3. The van der Waals surface area contributed by atoms with E-state index in [1.807, 2.05) is 44.4 Å². The SMILES string of the molecule is C=O.CN.CNc1cc(CCC(=O)Nc2cn(C)c(C(=O)O)n2)n(C)c1.CP.Cn1cc(-c2nc(NC(=O)CCNC(=O)c3cccn3C)cn2C)cc1C(=O)NCCC(=O)Nc1cn(C)c(C=O)n1.NC=O. The van der Waals surface area contributed by atoms with Gasteiger partial charge in [0.05, 0.1) is 5.69 Å². The van der Waals surface area contributed by atoms with Crippen LogP contribution in [-0.2, 0) is 72.7 Å². The Morgan fingerprint density at radius 3 is 1.66 bits per heavy atom. The number of aldehydes is 1. The Morgan fingerprint density at radius 1 is 0.671 bits per heavy atom. The molecule has 0 aliphatic rings. The lowest BCUT2D eigenvalue weighted by Gasteiger charge is -2.06. The van der Waals surface area contributed by atoms with E-state index in [-0.39, 0.29) is 85.2 Å². The van der Waals surface area contributed by atoms with Gasteiger partial charge in [0.2, 0.25) is 30.0 Å². The largest absolute Gasteiger partial charge is 0.475 e. The molecule has 0 aliphatic heterocycles. The number of aromatic nitrogens is 9. The number of imidazole rings is 3. The molecule has 0 saturated heterocycles. The third kappa shape index (κ3) is 19.5. The lowest BCUT2D eigenvalue weighted by molar-refractivity contribution is -0.117. The van der Waals surface area contributed by atoms with Crippen molar-refractivity contribution in [2.45, 2.75) is 25.7 Å². The number of nitrogens with one attached hydrogen (secondary N) is 6. The van der Waals surface area contributed by atoms with Crippen LogP contribution in [0.1, 0.15) is 67.2 Å². The number of carboxylic acids is 1. The molecule has 0 bridgehead atoms. The molecule has 1 unspecified atom stereocenters. The van der Waals surface area contributed by atoms with Crippen LogP contribution in [0.5, 0.6) is 0 Å². The van der Waals surface area contributed by atoms with Crippen molar-refractivity contribution in [3.05, 3.63) is 90.2 Å². The van der Waals surface area contributed by atoms with Gasteiger partial charge in [-0.3, -0.25) is 33.6 Å². The van der Waals surface area contributed by atoms with E-state index in [2.05, 4.69) is 67.6 Å². The van der Waals surface area contributed by atoms with Gasteiger partial charge in [0, 0.05) is 130 Å². The zero-order chi connectivity index (χ0) is 55.4. The first-order valence-electron chi connectivity index (χ1n) is 21.8. The zero-order valence-corrected chi connectivity index (χ0v) is 43.4. The first-order valence-corrected chi connectivity index (χ1v) is 23.0. The molecule has 0 spiro atoms. The number of carboxylic acid groups (broad SMARTS) is 1. The molecule has 396 valence electrons. The minimum absolute atomic E-state index is 0.00818. The van der Waals surface area contributed by atoms with Crippen molar-refractivity contribution in [2.24, 2.45) is 53.8 Å². The Bertz CT molecular complexity index is 2760. The van der Waals surface area contributed by atoms with E-state index in [1.165, 1.54) is 28.6 Å². The monoisotopic (exact) mass is 1040 g/mol. The van der Waals surface area contributed by atoms with E-state index in [0.29, 0.717) is 47.7 Å². The number of primary amides is 1. The summed E-state index contributed by atoms with van der Waals surface area (Å²) in [6, 6.07) is 7.11. The molecule has 28 heteroatoms. The average molecular weight is 1040 g/mol. The third-order valence-electron chi connectivity index (χ3n) is 9.72. The van der Waals surface area contributed by atoms with Crippen molar-refractivity contribution in [1.29, 1.82) is 0 Å². The number of nitrogens with zero attached hydrogens (tertiary/aromatic N) is 9. The molecule has 6 aromatic heterocycles. The highest BCUT2D eigenvalue weighted by molar-refractivity contribution is 7.15. The van der Waals surface area contributed by atoms with E-state index < -0.39 is 5.97 Å². The molecule has 6 amide bonds. The molecule has 27 nitrogen and oxygen atoms in total. The number of carbonyl (C=O) groups excluding carboxylic acids is 8. The van der Waals surface area contributed by atoms with Crippen LogP contribution in [0.15, 0.2) is 61.4 Å². The minimum Gasteiger partial charge on any atom is -0.475 e. The van der Waals surface area contributed by atoms with Gasteiger partial charge < -0.3 is 80.7 Å². The molecule has 6 rings (SSSR count). The number of hydrogen-bond acceptors (Lipinski definition) is 14. The Hall–Kier alpha value is -8.71. The van der Waals surface area contributed by atoms with Crippen LogP contribution >= 0.6 is 9.24 Å². The summed E-state index contributed by atoms with van der Waals surface area (Å²) in [4.78, 5) is 112. The fraction of sp³-hybridized carbons (Fsp3) is 0.333. The molecule has 0 aromatic carbocycles. The summed E-state index contributed by atoms with van der Waals surface area (Å²) in [5.74, 6) is -1.22. The number of aryl methyl sites for hydroxylation is 7. The highest BCUT2D eigenvalue weighted by atomic mass is 31.0. The third-order valence-corrected chi connectivity index (χ3v) is 9.72. The molecule has 6 aromatic rings. The van der Waals surface area contributed by atoms with E-state index in [0.717, 1.165) is 11.4 Å². The fourth-order valence-corrected chi connectivity index (χ4v) is 6.39. The number of carbonyl (C=O) groups is 9. The van der Waals surface area contributed by atoms with Crippen molar-refractivity contribution >= 4 is 87.4 Å². The second-order valence-corrected chi connectivity index (χ2v) is 14.7. The molecule has 73 heavy (non-hydrogen) atoms. The molecule has 0 saturated carbocycles. The lowest BCUT2D eigenvalue weighted by atomic mass is 10.2. The van der Waals surface area contributed by atoms with Gasteiger partial charge in [-0.15, -0.1) is 9.24 Å². The number of amides is 6. The smallest absolute Gasteiger partial charge is 0.372 e. The first-order chi connectivity index (χ1) is 34.9. The van der Waals surface area contributed by atoms with Gasteiger partial charge in [0.25, 0.3) is 11.8 Å². The van der Waals surface area contributed by atoms with Crippen molar-refractivity contribution in [3.63, 3.8) is 0 Å². The van der Waals surface area contributed by atoms with Crippen LogP contribution in [0, 0.1) is 0 Å². The van der Waals surface area contributed by atoms with Gasteiger partial charge in [-0.05, 0) is 37.7 Å². The van der Waals surface area contributed by atoms with E-state index >= 15 is 0 Å². The molecular weight excluding hydrogens is 970 g/mol. The Balaban J connectivity index is 0.000000720. The van der Waals surface area contributed by atoms with Gasteiger partial charge >= 0.3 is 5.97 Å². The normalized spacial score (nSPS) is 9.74. The van der Waals surface area contributed by atoms with Gasteiger partial charge in [-0.1, -0.05) is 6.66 Å². The van der Waals surface area contributed by atoms with Crippen LogP contribution in [0.25, 0.3) is 11.4 Å². The minimum atomic E-state index is -1.13. The molecular formula is C45H66N17O10P. The van der Waals surface area contributed by atoms with Crippen LogP contribution in [0.2, 0.25) is 0 Å². The Morgan fingerprint density at radius 2 is 1.18 bits per heavy atom. The second kappa shape index (κ2) is 32.2. The number of hydrogen-bond donors (Lipinski definition) is 9. The van der Waals surface area contributed by atoms with Crippen LogP contribution in [0.4, 0.5) is 23.1 Å². The number of anilines is 4. The van der Waals surface area contributed by atoms with Crippen LogP contribution in [-0.4, -0.2) is 136 Å². The molecule has 0 aliphatic carbocycles. The maximum absolute atomic E-state index is 12.8. The van der Waals surface area contributed by atoms with Crippen molar-refractivity contribution in [1.82, 2.24) is 53.0 Å². The summed E-state index contributed by atoms with van der Waals surface area (Å²) in [7, 11) is 16.1. The fourth-order valence-electron chi connectivity index (χ4n) is 6.39.